The third kappa shape index (κ3) is 4.83. The van der Waals surface area contributed by atoms with E-state index in [9.17, 15) is 4.79 Å². The van der Waals surface area contributed by atoms with Crippen molar-refractivity contribution >= 4 is 6.03 Å². The minimum Gasteiger partial charge on any atom is -0.331 e. The normalized spacial score (nSPS) is 15.8. The number of aromatic nitrogens is 3. The molecule has 3 aromatic rings. The van der Waals surface area contributed by atoms with Gasteiger partial charge in [-0.3, -0.25) is 0 Å². The zero-order valence-electron chi connectivity index (χ0n) is 16.7. The zero-order chi connectivity index (χ0) is 20.1. The van der Waals surface area contributed by atoms with Crippen LogP contribution in [-0.2, 0) is 6.42 Å². The molecule has 1 aliphatic heterocycles. The molecule has 150 valence electrons. The number of nitrogens with zero attached hydrogens (tertiary/aromatic N) is 4. The fourth-order valence-electron chi connectivity index (χ4n) is 3.90. The lowest BCUT2D eigenvalue weighted by molar-refractivity contribution is 0.167. The first-order valence-corrected chi connectivity index (χ1v) is 10.2. The van der Waals surface area contributed by atoms with Crippen LogP contribution in [-0.4, -0.2) is 38.8 Å². The predicted molar refractivity (Wildman–Crippen MR) is 113 cm³/mol. The first-order valence-electron chi connectivity index (χ1n) is 10.2. The highest BCUT2D eigenvalue weighted by molar-refractivity contribution is 5.74. The van der Waals surface area contributed by atoms with E-state index in [-0.39, 0.29) is 12.1 Å². The SMILES string of the molecule is CC(NC(=O)N1CCC(Cc2ccccc2)CC1)c1ccc(-n2cncn2)cc1. The number of piperidine rings is 1. The topological polar surface area (TPSA) is 63.1 Å². The molecule has 1 saturated heterocycles. The van der Waals surface area contributed by atoms with Gasteiger partial charge in [-0.2, -0.15) is 5.10 Å². The lowest BCUT2D eigenvalue weighted by atomic mass is 9.90. The van der Waals surface area contributed by atoms with E-state index >= 15 is 0 Å². The van der Waals surface area contributed by atoms with Crippen LogP contribution in [0.5, 0.6) is 0 Å². The molecule has 29 heavy (non-hydrogen) atoms. The predicted octanol–water partition coefficient (Wildman–Crippen LogP) is 3.99. The number of likely N-dealkylation sites (tertiary alicyclic amines) is 1. The number of hydrogen-bond donors (Lipinski definition) is 1. The van der Waals surface area contributed by atoms with Gasteiger partial charge in [-0.05, 0) is 55.4 Å². The monoisotopic (exact) mass is 389 g/mol. The molecule has 0 bridgehead atoms. The average molecular weight is 390 g/mol. The van der Waals surface area contributed by atoms with Gasteiger partial charge in [0.05, 0.1) is 11.7 Å². The fraction of sp³-hybridized carbons (Fsp3) is 0.348. The van der Waals surface area contributed by atoms with Gasteiger partial charge in [-0.1, -0.05) is 42.5 Å². The van der Waals surface area contributed by atoms with E-state index < -0.39 is 0 Å². The molecule has 6 heteroatoms. The second-order valence-corrected chi connectivity index (χ2v) is 7.72. The first-order chi connectivity index (χ1) is 14.2. The summed E-state index contributed by atoms with van der Waals surface area (Å²) in [4.78, 5) is 18.6. The lowest BCUT2D eigenvalue weighted by Gasteiger charge is -2.33. The third-order valence-electron chi connectivity index (χ3n) is 5.69. The van der Waals surface area contributed by atoms with Crippen LogP contribution in [0.25, 0.3) is 5.69 Å². The molecule has 4 rings (SSSR count). The molecule has 1 atom stereocenters. The van der Waals surface area contributed by atoms with Crippen LogP contribution in [0.1, 0.15) is 36.9 Å². The molecule has 1 aromatic heterocycles. The van der Waals surface area contributed by atoms with Gasteiger partial charge in [0.15, 0.2) is 0 Å². The van der Waals surface area contributed by atoms with Crippen molar-refractivity contribution in [3.63, 3.8) is 0 Å². The summed E-state index contributed by atoms with van der Waals surface area (Å²) in [5.41, 5.74) is 3.41. The van der Waals surface area contributed by atoms with Gasteiger partial charge < -0.3 is 10.2 Å². The van der Waals surface area contributed by atoms with Crippen molar-refractivity contribution in [2.45, 2.75) is 32.2 Å². The molecule has 2 amide bonds. The number of urea groups is 1. The summed E-state index contributed by atoms with van der Waals surface area (Å²) in [6, 6.07) is 18.6. The van der Waals surface area contributed by atoms with Crippen molar-refractivity contribution < 1.29 is 4.79 Å². The van der Waals surface area contributed by atoms with Gasteiger partial charge in [0.2, 0.25) is 0 Å². The molecule has 1 aliphatic rings. The maximum absolute atomic E-state index is 12.7. The maximum atomic E-state index is 12.7. The van der Waals surface area contributed by atoms with Gasteiger partial charge in [0.1, 0.15) is 12.7 Å². The summed E-state index contributed by atoms with van der Waals surface area (Å²) in [7, 11) is 0. The standard InChI is InChI=1S/C23H27N5O/c1-18(21-7-9-22(10-8-21)28-17-24-16-25-28)26-23(29)27-13-11-20(12-14-27)15-19-5-3-2-4-6-19/h2-10,16-18,20H,11-15H2,1H3,(H,26,29). The number of carbonyl (C=O) groups is 1. The molecule has 0 spiro atoms. The largest absolute Gasteiger partial charge is 0.331 e. The van der Waals surface area contributed by atoms with Crippen LogP contribution in [0.4, 0.5) is 4.79 Å². The zero-order valence-corrected chi connectivity index (χ0v) is 16.7. The Morgan fingerprint density at radius 2 is 1.83 bits per heavy atom. The number of hydrogen-bond acceptors (Lipinski definition) is 3. The third-order valence-corrected chi connectivity index (χ3v) is 5.69. The quantitative estimate of drug-likeness (QED) is 0.718. The Bertz CT molecular complexity index is 900. The van der Waals surface area contributed by atoms with Crippen LogP contribution in [0.15, 0.2) is 67.3 Å². The van der Waals surface area contributed by atoms with Crippen molar-refractivity contribution in [3.8, 4) is 5.69 Å². The smallest absolute Gasteiger partial charge is 0.317 e. The summed E-state index contributed by atoms with van der Waals surface area (Å²) in [5.74, 6) is 0.656. The van der Waals surface area contributed by atoms with Crippen LogP contribution in [0.3, 0.4) is 0 Å². The van der Waals surface area contributed by atoms with Crippen molar-refractivity contribution in [2.75, 3.05) is 13.1 Å². The van der Waals surface area contributed by atoms with Crippen molar-refractivity contribution in [3.05, 3.63) is 78.4 Å². The Morgan fingerprint density at radius 1 is 1.10 bits per heavy atom. The maximum Gasteiger partial charge on any atom is 0.317 e. The fourth-order valence-corrected chi connectivity index (χ4v) is 3.90. The summed E-state index contributed by atoms with van der Waals surface area (Å²) >= 11 is 0. The molecule has 0 radical (unpaired) electrons. The Hall–Kier alpha value is -3.15. The minimum atomic E-state index is -0.0469. The second-order valence-electron chi connectivity index (χ2n) is 7.72. The average Bonchev–Trinajstić information content (AvgIpc) is 3.30. The van der Waals surface area contributed by atoms with E-state index in [4.69, 9.17) is 0 Å². The van der Waals surface area contributed by atoms with Crippen molar-refractivity contribution in [1.29, 1.82) is 0 Å². The van der Waals surface area contributed by atoms with Gasteiger partial charge in [-0.25, -0.2) is 14.5 Å². The van der Waals surface area contributed by atoms with E-state index in [1.807, 2.05) is 36.1 Å². The van der Waals surface area contributed by atoms with Crippen LogP contribution >= 0.6 is 0 Å². The van der Waals surface area contributed by atoms with E-state index in [1.54, 1.807) is 11.0 Å². The highest BCUT2D eigenvalue weighted by atomic mass is 16.2. The Labute approximate surface area is 171 Å². The Kier molecular flexibility index (Phi) is 5.89. The summed E-state index contributed by atoms with van der Waals surface area (Å²) < 4.78 is 1.71. The molecule has 2 aromatic carbocycles. The highest BCUT2D eigenvalue weighted by Gasteiger charge is 2.24. The molecule has 1 N–H and O–H groups in total. The molecule has 1 unspecified atom stereocenters. The minimum absolute atomic E-state index is 0.0241. The van der Waals surface area contributed by atoms with Crippen LogP contribution < -0.4 is 5.32 Å². The number of rotatable bonds is 5. The van der Waals surface area contributed by atoms with Crippen LogP contribution in [0.2, 0.25) is 0 Å². The second kappa shape index (κ2) is 8.90. The Morgan fingerprint density at radius 3 is 2.48 bits per heavy atom. The van der Waals surface area contributed by atoms with Gasteiger partial charge in [-0.15, -0.1) is 0 Å². The highest BCUT2D eigenvalue weighted by Crippen LogP contribution is 2.22. The molecular weight excluding hydrogens is 362 g/mol. The summed E-state index contributed by atoms with van der Waals surface area (Å²) in [5, 5.41) is 7.27. The van der Waals surface area contributed by atoms with Gasteiger partial charge >= 0.3 is 6.03 Å². The molecule has 0 aliphatic carbocycles. The van der Waals surface area contributed by atoms with Gasteiger partial charge in [0, 0.05) is 13.1 Å². The molecular formula is C23H27N5O. The number of nitrogens with one attached hydrogen (secondary N) is 1. The van der Waals surface area contributed by atoms with E-state index in [0.717, 1.165) is 43.6 Å². The molecule has 2 heterocycles. The van der Waals surface area contributed by atoms with Crippen molar-refractivity contribution in [1.82, 2.24) is 25.0 Å². The van der Waals surface area contributed by atoms with E-state index in [0.29, 0.717) is 5.92 Å². The van der Waals surface area contributed by atoms with Gasteiger partial charge in [0.25, 0.3) is 0 Å². The lowest BCUT2D eigenvalue weighted by Crippen LogP contribution is -2.45. The molecule has 6 nitrogen and oxygen atoms in total. The first kappa shape index (κ1) is 19.2. The Balaban J connectivity index is 1.27. The van der Waals surface area contributed by atoms with Crippen LogP contribution in [0, 0.1) is 5.92 Å². The van der Waals surface area contributed by atoms with Crippen molar-refractivity contribution in [2.24, 2.45) is 5.92 Å². The number of benzene rings is 2. The summed E-state index contributed by atoms with van der Waals surface area (Å²) in [6.07, 6.45) is 6.40. The number of amides is 2. The number of carbonyl (C=O) groups excluding carboxylic acids is 1. The molecule has 1 fully saturated rings. The molecule has 0 saturated carbocycles. The summed E-state index contributed by atoms with van der Waals surface area (Å²) in [6.45, 7) is 3.66. The van der Waals surface area contributed by atoms with E-state index in [2.05, 4.69) is 45.7 Å². The van der Waals surface area contributed by atoms with E-state index in [1.165, 1.54) is 11.9 Å².